The van der Waals surface area contributed by atoms with Gasteiger partial charge in [0.15, 0.2) is 0 Å². The summed E-state index contributed by atoms with van der Waals surface area (Å²) in [6, 6.07) is 7.13. The van der Waals surface area contributed by atoms with Crippen molar-refractivity contribution in [1.29, 1.82) is 0 Å². The fraction of sp³-hybridized carbons (Fsp3) is 0.438. The molecule has 0 aliphatic heterocycles. The number of fused-ring (bicyclic) bond motifs is 1. The number of ether oxygens (including phenoxy) is 2. The first-order valence-corrected chi connectivity index (χ1v) is 7.40. The minimum Gasteiger partial charge on any atom is -0.462 e. The van der Waals surface area contributed by atoms with E-state index in [1.165, 1.54) is 0 Å². The molecule has 6 nitrogen and oxygen atoms in total. The number of hydrogen-bond donors (Lipinski definition) is 0. The lowest BCUT2D eigenvalue weighted by molar-refractivity contribution is -0.146. The van der Waals surface area contributed by atoms with Crippen LogP contribution in [-0.4, -0.2) is 35.6 Å². The number of aromatic nitrogens is 2. The van der Waals surface area contributed by atoms with Gasteiger partial charge in [0.25, 0.3) is 5.56 Å². The highest BCUT2D eigenvalue weighted by atomic mass is 16.6. The first kappa shape index (κ1) is 16.2. The lowest BCUT2D eigenvalue weighted by Crippen LogP contribution is -2.28. The predicted molar refractivity (Wildman–Crippen MR) is 82.7 cm³/mol. The molecule has 1 heterocycles. The smallest absolute Gasteiger partial charge is 0.328 e. The Labute approximate surface area is 128 Å². The summed E-state index contributed by atoms with van der Waals surface area (Å²) in [5, 5.41) is 5.27. The van der Waals surface area contributed by atoms with Crippen LogP contribution < -0.4 is 5.56 Å². The molecular weight excluding hydrogens is 284 g/mol. The second-order valence-corrected chi connectivity index (χ2v) is 4.88. The average Bonchev–Trinajstić information content (AvgIpc) is 2.54. The fourth-order valence-electron chi connectivity index (χ4n) is 1.97. The highest BCUT2D eigenvalue weighted by molar-refractivity contribution is 5.80. The zero-order valence-electron chi connectivity index (χ0n) is 12.7. The number of rotatable bonds is 8. The Kier molecular flexibility index (Phi) is 6.09. The van der Waals surface area contributed by atoms with Crippen LogP contribution in [0.5, 0.6) is 0 Å². The fourth-order valence-corrected chi connectivity index (χ4v) is 1.97. The van der Waals surface area contributed by atoms with E-state index in [-0.39, 0.29) is 18.7 Å². The van der Waals surface area contributed by atoms with Gasteiger partial charge in [-0.3, -0.25) is 9.59 Å². The Balaban J connectivity index is 1.87. The first-order chi connectivity index (χ1) is 10.7. The second-order valence-electron chi connectivity index (χ2n) is 4.88. The van der Waals surface area contributed by atoms with Crippen molar-refractivity contribution >= 4 is 16.7 Å². The number of carbonyl (C=O) groups is 1. The Hall–Kier alpha value is -2.21. The minimum atomic E-state index is -0.496. The molecule has 0 fully saturated rings. The van der Waals surface area contributed by atoms with Gasteiger partial charge in [0.1, 0.15) is 13.2 Å². The number of benzene rings is 1. The molecule has 22 heavy (non-hydrogen) atoms. The summed E-state index contributed by atoms with van der Waals surface area (Å²) in [5.74, 6) is -0.496. The lowest BCUT2D eigenvalue weighted by atomic mass is 10.2. The molecule has 118 valence electrons. The van der Waals surface area contributed by atoms with E-state index in [0.29, 0.717) is 18.6 Å². The van der Waals surface area contributed by atoms with Crippen LogP contribution in [-0.2, 0) is 20.8 Å². The van der Waals surface area contributed by atoms with Gasteiger partial charge < -0.3 is 9.47 Å². The van der Waals surface area contributed by atoms with E-state index in [1.807, 2.05) is 6.07 Å². The molecule has 0 unspecified atom stereocenters. The molecule has 1 aromatic heterocycles. The molecule has 0 aliphatic carbocycles. The largest absolute Gasteiger partial charge is 0.462 e. The zero-order valence-corrected chi connectivity index (χ0v) is 12.7. The van der Waals surface area contributed by atoms with Crippen molar-refractivity contribution in [2.45, 2.75) is 26.3 Å². The van der Waals surface area contributed by atoms with Gasteiger partial charge in [0, 0.05) is 12.0 Å². The van der Waals surface area contributed by atoms with Crippen LogP contribution in [0, 0.1) is 0 Å². The Morgan fingerprint density at radius 3 is 2.86 bits per heavy atom. The highest BCUT2D eigenvalue weighted by Gasteiger charge is 2.09. The van der Waals surface area contributed by atoms with Crippen molar-refractivity contribution in [3.05, 3.63) is 40.8 Å². The summed E-state index contributed by atoms with van der Waals surface area (Å²) in [6.45, 7) is 3.10. The summed E-state index contributed by atoms with van der Waals surface area (Å²) in [6.07, 6.45) is 3.62. The molecule has 0 saturated heterocycles. The maximum atomic E-state index is 12.2. The van der Waals surface area contributed by atoms with Crippen LogP contribution in [0.15, 0.2) is 35.3 Å². The third-order valence-electron chi connectivity index (χ3n) is 3.17. The molecule has 0 N–H and O–H groups in total. The Morgan fingerprint density at radius 2 is 2.05 bits per heavy atom. The monoisotopic (exact) mass is 304 g/mol. The van der Waals surface area contributed by atoms with Gasteiger partial charge in [-0.1, -0.05) is 31.5 Å². The van der Waals surface area contributed by atoms with Gasteiger partial charge in [-0.2, -0.15) is 5.10 Å². The van der Waals surface area contributed by atoms with E-state index in [1.54, 1.807) is 24.4 Å². The van der Waals surface area contributed by atoms with Gasteiger partial charge in [-0.25, -0.2) is 4.68 Å². The van der Waals surface area contributed by atoms with Crippen molar-refractivity contribution in [2.24, 2.45) is 0 Å². The molecule has 2 rings (SSSR count). The van der Waals surface area contributed by atoms with E-state index < -0.39 is 5.97 Å². The summed E-state index contributed by atoms with van der Waals surface area (Å²) >= 11 is 0. The van der Waals surface area contributed by atoms with E-state index in [2.05, 4.69) is 12.0 Å². The molecule has 0 atom stereocenters. The average molecular weight is 304 g/mol. The minimum absolute atomic E-state index is 0.185. The molecule has 6 heteroatoms. The third kappa shape index (κ3) is 4.39. The van der Waals surface area contributed by atoms with Gasteiger partial charge in [-0.15, -0.1) is 0 Å². The van der Waals surface area contributed by atoms with Gasteiger partial charge in [0.2, 0.25) is 0 Å². The van der Waals surface area contributed by atoms with Gasteiger partial charge in [0.05, 0.1) is 18.2 Å². The third-order valence-corrected chi connectivity index (χ3v) is 3.17. The number of esters is 1. The summed E-state index contributed by atoms with van der Waals surface area (Å²) < 4.78 is 11.4. The molecule has 0 radical (unpaired) electrons. The molecule has 0 amide bonds. The van der Waals surface area contributed by atoms with Crippen LogP contribution >= 0.6 is 0 Å². The van der Waals surface area contributed by atoms with E-state index in [4.69, 9.17) is 9.47 Å². The lowest BCUT2D eigenvalue weighted by Gasteiger charge is -2.07. The van der Waals surface area contributed by atoms with Crippen LogP contribution in [0.3, 0.4) is 0 Å². The molecular formula is C16H20N2O4. The Bertz CT molecular complexity index is 681. The zero-order chi connectivity index (χ0) is 15.8. The van der Waals surface area contributed by atoms with Crippen molar-refractivity contribution in [2.75, 3.05) is 19.8 Å². The predicted octanol–water partition coefficient (Wildman–Crippen LogP) is 1.76. The number of carbonyl (C=O) groups excluding carboxylic acids is 1. The number of hydrogen-bond acceptors (Lipinski definition) is 5. The molecule has 0 bridgehead atoms. The van der Waals surface area contributed by atoms with Crippen molar-refractivity contribution < 1.29 is 14.3 Å². The van der Waals surface area contributed by atoms with E-state index in [9.17, 15) is 9.59 Å². The molecule has 0 aliphatic rings. The van der Waals surface area contributed by atoms with Gasteiger partial charge in [-0.05, 0) is 12.5 Å². The molecule has 0 spiro atoms. The molecule has 2 aromatic rings. The normalized spacial score (nSPS) is 10.8. The number of unbranched alkanes of at least 4 members (excludes halogenated alkanes) is 1. The van der Waals surface area contributed by atoms with Crippen LogP contribution in [0.2, 0.25) is 0 Å². The SMILES string of the molecule is CCCCOCCOC(=O)Cn1ncc2ccccc2c1=O. The van der Waals surface area contributed by atoms with Gasteiger partial charge >= 0.3 is 5.97 Å². The quantitative estimate of drug-likeness (QED) is 0.549. The van der Waals surface area contributed by atoms with Crippen LogP contribution in [0.25, 0.3) is 10.8 Å². The van der Waals surface area contributed by atoms with Crippen LogP contribution in [0.1, 0.15) is 19.8 Å². The molecule has 1 aromatic carbocycles. The topological polar surface area (TPSA) is 70.4 Å². The van der Waals surface area contributed by atoms with Crippen molar-refractivity contribution in [3.63, 3.8) is 0 Å². The van der Waals surface area contributed by atoms with E-state index in [0.717, 1.165) is 22.9 Å². The highest BCUT2D eigenvalue weighted by Crippen LogP contribution is 2.06. The van der Waals surface area contributed by atoms with Crippen LogP contribution in [0.4, 0.5) is 0 Å². The Morgan fingerprint density at radius 1 is 1.23 bits per heavy atom. The summed E-state index contributed by atoms with van der Waals surface area (Å²) in [7, 11) is 0. The standard InChI is InChI=1S/C16H20N2O4/c1-2-3-8-21-9-10-22-15(19)12-18-16(20)14-7-5-4-6-13(14)11-17-18/h4-7,11H,2-3,8-10,12H2,1H3. The number of nitrogens with zero attached hydrogens (tertiary/aromatic N) is 2. The second kappa shape index (κ2) is 8.29. The van der Waals surface area contributed by atoms with Crippen molar-refractivity contribution in [1.82, 2.24) is 9.78 Å². The summed E-state index contributed by atoms with van der Waals surface area (Å²) in [5.41, 5.74) is -0.297. The first-order valence-electron chi connectivity index (χ1n) is 7.40. The molecule has 0 saturated carbocycles. The maximum Gasteiger partial charge on any atom is 0.328 e. The van der Waals surface area contributed by atoms with Crippen molar-refractivity contribution in [3.8, 4) is 0 Å². The van der Waals surface area contributed by atoms with E-state index >= 15 is 0 Å². The maximum absolute atomic E-state index is 12.2. The summed E-state index contributed by atoms with van der Waals surface area (Å²) in [4.78, 5) is 23.9.